The van der Waals surface area contributed by atoms with Gasteiger partial charge in [0.05, 0.1) is 35.7 Å². The van der Waals surface area contributed by atoms with Crippen LogP contribution in [0.1, 0.15) is 11.1 Å². The molecule has 3 aliphatic rings. The Bertz CT molecular complexity index is 1770. The lowest BCUT2D eigenvalue weighted by atomic mass is 9.79. The van der Waals surface area contributed by atoms with Crippen molar-refractivity contribution >= 4 is 46.5 Å². The third-order valence-corrected chi connectivity index (χ3v) is 9.32. The molecule has 4 aromatic rings. The molecule has 7 rings (SSSR count). The number of piperazine rings is 1. The Balaban J connectivity index is 1.14. The fourth-order valence-electron chi connectivity index (χ4n) is 6.58. The molecular formula is C34H38BN5O8. The summed E-state index contributed by atoms with van der Waals surface area (Å²) in [6, 6.07) is 22.0. The molecule has 250 valence electrons. The second-order valence-electron chi connectivity index (χ2n) is 12.7. The molecule has 2 saturated heterocycles. The van der Waals surface area contributed by atoms with E-state index in [4.69, 9.17) is 14.3 Å². The number of carbonyl (C=O) groups is 1. The average Bonchev–Trinajstić information content (AvgIpc) is 3.68. The van der Waals surface area contributed by atoms with Crippen LogP contribution in [0.15, 0.2) is 77.8 Å². The van der Waals surface area contributed by atoms with Gasteiger partial charge >= 0.3 is 7.12 Å². The van der Waals surface area contributed by atoms with Gasteiger partial charge in [-0.1, -0.05) is 42.5 Å². The number of hydrogen-bond donors (Lipinski definition) is 7. The molecule has 3 heterocycles. The number of aliphatic imine (C=N–C) groups is 1. The number of aromatic hydroxyl groups is 1. The highest BCUT2D eigenvalue weighted by Gasteiger charge is 2.56. The minimum absolute atomic E-state index is 0.0708. The highest BCUT2D eigenvalue weighted by molar-refractivity contribution is 6.62. The molecule has 1 aromatic heterocycles. The van der Waals surface area contributed by atoms with Crippen LogP contribution < -0.4 is 10.8 Å². The number of hydrogen-bond acceptors (Lipinski definition) is 11. The van der Waals surface area contributed by atoms with E-state index in [-0.39, 0.29) is 11.8 Å². The molecule has 7 N–H and O–H groups in total. The summed E-state index contributed by atoms with van der Waals surface area (Å²) >= 11 is 0. The molecule has 0 spiro atoms. The number of nitrogens with one attached hydrogen (secondary N) is 2. The Kier molecular flexibility index (Phi) is 9.07. The molecule has 14 heteroatoms. The number of amides is 1. The van der Waals surface area contributed by atoms with Crippen molar-refractivity contribution in [1.82, 2.24) is 14.8 Å². The van der Waals surface area contributed by atoms with E-state index in [1.165, 1.54) is 0 Å². The van der Waals surface area contributed by atoms with E-state index in [0.717, 1.165) is 31.7 Å². The molecule has 1 amide bonds. The van der Waals surface area contributed by atoms with Crippen molar-refractivity contribution in [3.05, 3.63) is 83.9 Å². The summed E-state index contributed by atoms with van der Waals surface area (Å²) < 4.78 is 11.8. The normalized spacial score (nSPS) is 26.9. The van der Waals surface area contributed by atoms with Crippen molar-refractivity contribution in [1.29, 1.82) is 0 Å². The zero-order chi connectivity index (χ0) is 33.5. The van der Waals surface area contributed by atoms with Crippen LogP contribution in [0, 0.1) is 0 Å². The largest absolute Gasteiger partial charge is 0.494 e. The zero-order valence-electron chi connectivity index (χ0n) is 26.3. The minimum atomic E-state index is -1.58. The van der Waals surface area contributed by atoms with Gasteiger partial charge in [-0.3, -0.25) is 9.69 Å². The van der Waals surface area contributed by atoms with Gasteiger partial charge in [0.25, 0.3) is 0 Å². The van der Waals surface area contributed by atoms with Crippen molar-refractivity contribution < 1.29 is 39.6 Å². The van der Waals surface area contributed by atoms with E-state index in [2.05, 4.69) is 27.1 Å². The van der Waals surface area contributed by atoms with Gasteiger partial charge in [-0.15, -0.1) is 0 Å². The molecule has 1 aliphatic carbocycles. The fourth-order valence-corrected chi connectivity index (χ4v) is 6.58. The smallest absolute Gasteiger partial charge is 0.494 e. The topological polar surface area (TPSA) is 183 Å². The molecule has 6 atom stereocenters. The Hall–Kier alpha value is -4.12. The van der Waals surface area contributed by atoms with Gasteiger partial charge in [0.1, 0.15) is 24.4 Å². The first-order chi connectivity index (χ1) is 23.2. The Morgan fingerprint density at radius 2 is 1.54 bits per heavy atom. The van der Waals surface area contributed by atoms with Gasteiger partial charge in [0, 0.05) is 48.3 Å². The maximum atomic E-state index is 12.7. The number of H-pyrrole nitrogens is 1. The van der Waals surface area contributed by atoms with Crippen LogP contribution >= 0.6 is 0 Å². The molecule has 1 saturated carbocycles. The molecular weight excluding hydrogens is 617 g/mol. The van der Waals surface area contributed by atoms with Gasteiger partial charge in [-0.25, -0.2) is 4.99 Å². The van der Waals surface area contributed by atoms with E-state index in [9.17, 15) is 30.3 Å². The summed E-state index contributed by atoms with van der Waals surface area (Å²) in [6.07, 6.45) is -8.13. The molecule has 48 heavy (non-hydrogen) atoms. The number of rotatable bonds is 7. The molecule has 0 unspecified atom stereocenters. The van der Waals surface area contributed by atoms with Crippen molar-refractivity contribution in [2.24, 2.45) is 4.99 Å². The lowest BCUT2D eigenvalue weighted by Crippen LogP contribution is -2.62. The van der Waals surface area contributed by atoms with Crippen molar-refractivity contribution in [2.45, 2.75) is 36.6 Å². The first-order valence-electron chi connectivity index (χ1n) is 16.0. The number of carbonyl (C=O) groups excluding carboxylic acids is 1. The Morgan fingerprint density at radius 3 is 2.19 bits per heavy atom. The first kappa shape index (κ1) is 32.4. The third kappa shape index (κ3) is 6.36. The number of aliphatic hydroxyl groups excluding tert-OH is 4. The van der Waals surface area contributed by atoms with Gasteiger partial charge in [0.2, 0.25) is 5.91 Å². The number of nitrogens with zero attached hydrogens (tertiary/aromatic N) is 3. The van der Waals surface area contributed by atoms with E-state index < -0.39 is 43.7 Å². The molecule has 0 radical (unpaired) electrons. The van der Waals surface area contributed by atoms with Crippen molar-refractivity contribution in [2.75, 3.05) is 45.1 Å². The van der Waals surface area contributed by atoms with Gasteiger partial charge in [0.15, 0.2) is 5.88 Å². The van der Waals surface area contributed by atoms with Gasteiger partial charge in [-0.05, 0) is 42.8 Å². The number of aromatic nitrogens is 1. The molecule has 3 fully saturated rings. The summed E-state index contributed by atoms with van der Waals surface area (Å²) in [7, 11) is 1.08. The molecule has 0 bridgehead atoms. The monoisotopic (exact) mass is 655 g/mol. The maximum absolute atomic E-state index is 12.7. The summed E-state index contributed by atoms with van der Waals surface area (Å²) in [5.41, 5.74) is 4.15. The Labute approximate surface area is 277 Å². The zero-order valence-corrected chi connectivity index (χ0v) is 26.3. The van der Waals surface area contributed by atoms with E-state index in [1.807, 2.05) is 42.5 Å². The van der Waals surface area contributed by atoms with E-state index >= 15 is 0 Å². The summed E-state index contributed by atoms with van der Waals surface area (Å²) in [5.74, 6) is -0.171. The first-order valence-corrected chi connectivity index (χ1v) is 16.0. The van der Waals surface area contributed by atoms with Gasteiger partial charge in [-0.2, -0.15) is 0 Å². The van der Waals surface area contributed by atoms with Crippen LogP contribution in [0.2, 0.25) is 0 Å². The molecule has 13 nitrogen and oxygen atoms in total. The highest BCUT2D eigenvalue weighted by atomic mass is 16.7. The number of likely N-dealkylation sites (N-methyl/N-ethyl adjacent to an activating group) is 1. The minimum Gasteiger partial charge on any atom is -0.494 e. The van der Waals surface area contributed by atoms with Crippen LogP contribution in [0.3, 0.4) is 0 Å². The summed E-state index contributed by atoms with van der Waals surface area (Å²) in [5, 5.41) is 55.9. The number of anilines is 1. The fraction of sp³-hybridized carbons (Fsp3) is 0.353. The maximum Gasteiger partial charge on any atom is 0.494 e. The van der Waals surface area contributed by atoms with Crippen LogP contribution in [0.25, 0.3) is 10.9 Å². The molecule has 2 aliphatic heterocycles. The number of fused-ring (bicyclic) bond motifs is 2. The number of aliphatic hydroxyl groups is 4. The Morgan fingerprint density at radius 1 is 0.896 bits per heavy atom. The van der Waals surface area contributed by atoms with Crippen LogP contribution in [0.5, 0.6) is 5.88 Å². The second-order valence-corrected chi connectivity index (χ2v) is 12.7. The lowest BCUT2D eigenvalue weighted by Gasteiger charge is -2.39. The van der Waals surface area contributed by atoms with Crippen LogP contribution in [-0.4, -0.2) is 135 Å². The van der Waals surface area contributed by atoms with E-state index in [0.29, 0.717) is 45.6 Å². The second kappa shape index (κ2) is 13.4. The van der Waals surface area contributed by atoms with Crippen molar-refractivity contribution in [3.8, 4) is 5.88 Å². The molecule has 3 aromatic carbocycles. The SMILES string of the molecule is CN1CCN(CC(=O)Nc2ccc(N=C(c3ccccc3)c3c(O)[nH]c4cc(B5O[C@@H]6[C@@H](O)[C@H](O)[C@H](O)[C@H](O)[C@H]6O5)ccc34)cc2)CC1. The van der Waals surface area contributed by atoms with Crippen molar-refractivity contribution in [3.63, 3.8) is 0 Å². The van der Waals surface area contributed by atoms with Crippen LogP contribution in [-0.2, 0) is 14.1 Å². The quantitative estimate of drug-likeness (QED) is 0.107. The standard InChI is InChI=1S/C34H38BN5O8/c1-39-13-15-40(16-14-39)18-25(41)36-21-8-10-22(11-9-21)37-27(19-5-3-2-4-6-19)26-23-12-7-20(17-24(23)38-34(26)46)35-47-32-30(44)28(42)29(43)31(45)33(32)48-35/h2-12,17,28-33,38,42-46H,13-16,18H2,1H3,(H,36,41)/t28-,29+,30-,31-,32+,33+/m0/s1. The lowest BCUT2D eigenvalue weighted by molar-refractivity contribution is -0.192. The predicted molar refractivity (Wildman–Crippen MR) is 180 cm³/mol. The third-order valence-electron chi connectivity index (χ3n) is 9.32. The average molecular weight is 656 g/mol. The predicted octanol–water partition coefficient (Wildman–Crippen LogP) is 0.165. The van der Waals surface area contributed by atoms with E-state index in [1.54, 1.807) is 30.3 Å². The summed E-state index contributed by atoms with van der Waals surface area (Å²) in [6.45, 7) is 3.93. The highest BCUT2D eigenvalue weighted by Crippen LogP contribution is 2.34. The number of benzene rings is 3. The number of aromatic amines is 1. The van der Waals surface area contributed by atoms with Gasteiger partial charge < -0.3 is 50.0 Å². The van der Waals surface area contributed by atoms with Crippen LogP contribution in [0.4, 0.5) is 11.4 Å². The summed E-state index contributed by atoms with van der Waals surface area (Å²) in [4.78, 5) is 25.0.